The number of thiazole rings is 1. The van der Waals surface area contributed by atoms with Crippen molar-refractivity contribution in [2.45, 2.75) is 6.92 Å². The number of aromatic nitrogens is 3. The lowest BCUT2D eigenvalue weighted by atomic mass is 10.3. The lowest BCUT2D eigenvalue weighted by Gasteiger charge is -2.07. The number of thiocarbonyl (C=S) groups is 1. The Morgan fingerprint density at radius 3 is 2.65 bits per heavy atom. The molecule has 2 heterocycles. The highest BCUT2D eigenvalue weighted by Crippen LogP contribution is 2.15. The van der Waals surface area contributed by atoms with Crippen molar-refractivity contribution in [2.75, 3.05) is 10.6 Å². The smallest absolute Gasteiger partial charge is 0.295 e. The molecule has 0 saturated heterocycles. The summed E-state index contributed by atoms with van der Waals surface area (Å²) in [4.78, 5) is 16.8. The van der Waals surface area contributed by atoms with Crippen LogP contribution in [0.25, 0.3) is 5.69 Å². The minimum Gasteiger partial charge on any atom is -0.326 e. The van der Waals surface area contributed by atoms with E-state index in [9.17, 15) is 4.79 Å². The fourth-order valence-corrected chi connectivity index (χ4v) is 3.04. The molecule has 23 heavy (non-hydrogen) atoms. The number of hydrogen-bond donors (Lipinski definition) is 2. The van der Waals surface area contributed by atoms with Crippen molar-refractivity contribution in [1.29, 1.82) is 0 Å². The van der Waals surface area contributed by atoms with Gasteiger partial charge in [0, 0.05) is 18.6 Å². The molecule has 6 nitrogen and oxygen atoms in total. The molecular formula is C15H15N5OS2. The Morgan fingerprint density at radius 2 is 2.00 bits per heavy atom. The van der Waals surface area contributed by atoms with Crippen molar-refractivity contribution in [3.05, 3.63) is 58.0 Å². The van der Waals surface area contributed by atoms with Gasteiger partial charge in [-0.2, -0.15) is 0 Å². The quantitative estimate of drug-likeness (QED) is 0.715. The molecule has 0 saturated carbocycles. The summed E-state index contributed by atoms with van der Waals surface area (Å²) in [6.45, 7) is 1.87. The minimum absolute atomic E-state index is 0.153. The predicted octanol–water partition coefficient (Wildman–Crippen LogP) is 2.75. The Bertz CT molecular complexity index is 881. The fourth-order valence-electron chi connectivity index (χ4n) is 2.24. The maximum atomic E-state index is 12.7. The lowest BCUT2D eigenvalue weighted by Crippen LogP contribution is -2.25. The van der Waals surface area contributed by atoms with E-state index in [1.165, 1.54) is 11.3 Å². The normalized spacial score (nSPS) is 10.5. The van der Waals surface area contributed by atoms with E-state index in [0.717, 1.165) is 11.4 Å². The van der Waals surface area contributed by atoms with Crippen LogP contribution in [0.1, 0.15) is 5.69 Å². The molecule has 0 bridgehead atoms. The van der Waals surface area contributed by atoms with Crippen molar-refractivity contribution in [1.82, 2.24) is 14.3 Å². The minimum atomic E-state index is -0.153. The summed E-state index contributed by atoms with van der Waals surface area (Å²) < 4.78 is 3.40. The van der Waals surface area contributed by atoms with E-state index in [0.29, 0.717) is 15.9 Å². The number of hydrogen-bond acceptors (Lipinski definition) is 4. The maximum Gasteiger partial charge on any atom is 0.295 e. The van der Waals surface area contributed by atoms with Crippen molar-refractivity contribution in [2.24, 2.45) is 7.05 Å². The van der Waals surface area contributed by atoms with E-state index >= 15 is 0 Å². The van der Waals surface area contributed by atoms with Gasteiger partial charge in [-0.15, -0.1) is 11.3 Å². The third kappa shape index (κ3) is 3.03. The average Bonchev–Trinajstić information content (AvgIpc) is 3.12. The molecule has 0 atom stereocenters. The van der Waals surface area contributed by atoms with Gasteiger partial charge in [0.25, 0.3) is 5.56 Å². The Hall–Kier alpha value is -2.45. The Balaban J connectivity index is 1.92. The van der Waals surface area contributed by atoms with Crippen molar-refractivity contribution in [3.8, 4) is 5.69 Å². The van der Waals surface area contributed by atoms with E-state index in [1.54, 1.807) is 15.6 Å². The molecule has 2 N–H and O–H groups in total. The van der Waals surface area contributed by atoms with Gasteiger partial charge >= 0.3 is 0 Å². The number of nitrogens with zero attached hydrogens (tertiary/aromatic N) is 3. The third-order valence-corrected chi connectivity index (χ3v) is 4.34. The molecule has 1 aromatic carbocycles. The van der Waals surface area contributed by atoms with Crippen LogP contribution in [0.5, 0.6) is 0 Å². The van der Waals surface area contributed by atoms with Crippen LogP contribution >= 0.6 is 23.6 Å². The molecule has 118 valence electrons. The van der Waals surface area contributed by atoms with E-state index in [2.05, 4.69) is 15.6 Å². The van der Waals surface area contributed by atoms with E-state index in [-0.39, 0.29) is 5.56 Å². The summed E-state index contributed by atoms with van der Waals surface area (Å²) in [5.74, 6) is 0. The summed E-state index contributed by atoms with van der Waals surface area (Å²) in [5.41, 5.74) is 1.89. The first kappa shape index (κ1) is 15.4. The van der Waals surface area contributed by atoms with E-state index < -0.39 is 0 Å². The molecule has 0 aliphatic rings. The first-order valence-corrected chi connectivity index (χ1v) is 8.18. The van der Waals surface area contributed by atoms with Gasteiger partial charge in [0.05, 0.1) is 11.4 Å². The van der Waals surface area contributed by atoms with Crippen LogP contribution in [0.2, 0.25) is 0 Å². The van der Waals surface area contributed by atoms with Crippen LogP contribution < -0.4 is 16.2 Å². The molecule has 0 amide bonds. The summed E-state index contributed by atoms with van der Waals surface area (Å²) in [5, 5.41) is 8.81. The standard InChI is InChI=1S/C15H15N5OS2/c1-10-12(17-14(22)18-15-16-8-9-23-15)13(21)20(19(10)2)11-6-4-3-5-7-11/h3-9H,1-2H3,(H2,16,17,18,22). The monoisotopic (exact) mass is 345 g/mol. The van der Waals surface area contributed by atoms with Crippen LogP contribution in [-0.4, -0.2) is 19.5 Å². The zero-order valence-corrected chi connectivity index (χ0v) is 14.2. The zero-order chi connectivity index (χ0) is 16.4. The molecule has 2 aromatic heterocycles. The molecular weight excluding hydrogens is 330 g/mol. The summed E-state index contributed by atoms with van der Waals surface area (Å²) in [6.07, 6.45) is 1.69. The highest BCUT2D eigenvalue weighted by atomic mass is 32.1. The fraction of sp³-hybridized carbons (Fsp3) is 0.133. The van der Waals surface area contributed by atoms with Crippen LogP contribution in [-0.2, 0) is 7.05 Å². The summed E-state index contributed by atoms with van der Waals surface area (Å²) in [6, 6.07) is 9.47. The van der Waals surface area contributed by atoms with Crippen molar-refractivity contribution in [3.63, 3.8) is 0 Å². The number of benzene rings is 1. The van der Waals surface area contributed by atoms with Crippen LogP contribution in [0.4, 0.5) is 10.8 Å². The van der Waals surface area contributed by atoms with Gasteiger partial charge in [-0.1, -0.05) is 18.2 Å². The van der Waals surface area contributed by atoms with Crippen LogP contribution in [0, 0.1) is 6.92 Å². The number of para-hydroxylation sites is 1. The van der Waals surface area contributed by atoms with Gasteiger partial charge in [-0.3, -0.25) is 9.48 Å². The molecule has 0 aliphatic heterocycles. The maximum absolute atomic E-state index is 12.7. The number of rotatable bonds is 3. The van der Waals surface area contributed by atoms with Crippen molar-refractivity contribution >= 4 is 39.5 Å². The highest BCUT2D eigenvalue weighted by molar-refractivity contribution is 7.80. The van der Waals surface area contributed by atoms with E-state index in [4.69, 9.17) is 12.2 Å². The number of nitrogens with one attached hydrogen (secondary N) is 2. The second-order valence-corrected chi connectivity index (χ2v) is 6.16. The van der Waals surface area contributed by atoms with Gasteiger partial charge in [0.1, 0.15) is 5.69 Å². The molecule has 3 rings (SSSR count). The SMILES string of the molecule is Cc1c(NC(=S)Nc2nccs2)c(=O)n(-c2ccccc2)n1C. The lowest BCUT2D eigenvalue weighted by molar-refractivity contribution is 0.630. The topological polar surface area (TPSA) is 63.9 Å². The summed E-state index contributed by atoms with van der Waals surface area (Å²) in [7, 11) is 1.84. The first-order chi connectivity index (χ1) is 11.1. The molecule has 0 spiro atoms. The second kappa shape index (κ2) is 6.35. The predicted molar refractivity (Wildman–Crippen MR) is 97.7 cm³/mol. The second-order valence-electron chi connectivity index (χ2n) is 4.85. The summed E-state index contributed by atoms with van der Waals surface area (Å²) >= 11 is 6.70. The zero-order valence-electron chi connectivity index (χ0n) is 12.6. The average molecular weight is 345 g/mol. The van der Waals surface area contributed by atoms with Crippen molar-refractivity contribution < 1.29 is 0 Å². The molecule has 0 fully saturated rings. The first-order valence-electron chi connectivity index (χ1n) is 6.89. The van der Waals surface area contributed by atoms with E-state index in [1.807, 2.05) is 49.7 Å². The van der Waals surface area contributed by atoms with Crippen LogP contribution in [0.15, 0.2) is 46.7 Å². The molecule has 3 aromatic rings. The van der Waals surface area contributed by atoms with Crippen LogP contribution in [0.3, 0.4) is 0 Å². The Kier molecular flexibility index (Phi) is 4.26. The van der Waals surface area contributed by atoms with Gasteiger partial charge < -0.3 is 10.6 Å². The Labute approximate surface area is 142 Å². The molecule has 0 radical (unpaired) electrons. The molecule has 0 aliphatic carbocycles. The van der Waals surface area contributed by atoms with Gasteiger partial charge in [-0.25, -0.2) is 9.67 Å². The van der Waals surface area contributed by atoms with Gasteiger partial charge in [0.15, 0.2) is 10.2 Å². The van der Waals surface area contributed by atoms with Gasteiger partial charge in [-0.05, 0) is 31.3 Å². The molecule has 8 heteroatoms. The third-order valence-electron chi connectivity index (χ3n) is 3.45. The Morgan fingerprint density at radius 1 is 1.26 bits per heavy atom. The molecule has 0 unspecified atom stereocenters. The highest BCUT2D eigenvalue weighted by Gasteiger charge is 2.17. The van der Waals surface area contributed by atoms with Gasteiger partial charge in [0.2, 0.25) is 0 Å². The number of anilines is 2. The largest absolute Gasteiger partial charge is 0.326 e.